The number of hydrogen-bond donors (Lipinski definition) is 2. The number of rotatable bonds is 6. The van der Waals surface area contributed by atoms with Crippen LogP contribution in [-0.4, -0.2) is 17.6 Å². The minimum absolute atomic E-state index is 0.184. The number of thiophene rings is 1. The van der Waals surface area contributed by atoms with Gasteiger partial charge in [-0.15, -0.1) is 11.3 Å². The Morgan fingerprint density at radius 3 is 2.83 bits per heavy atom. The molecule has 0 saturated carbocycles. The largest absolute Gasteiger partial charge is 0.492 e. The van der Waals surface area contributed by atoms with Gasteiger partial charge in [-0.3, -0.25) is 10.1 Å². The van der Waals surface area contributed by atoms with E-state index in [9.17, 15) is 10.1 Å². The van der Waals surface area contributed by atoms with Crippen molar-refractivity contribution in [2.75, 3.05) is 11.9 Å². The third kappa shape index (κ3) is 5.60. The number of hydrogen-bond acceptors (Lipinski definition) is 5. The third-order valence-electron chi connectivity index (χ3n) is 4.88. The Morgan fingerprint density at radius 1 is 1.37 bits per heavy atom. The quantitative estimate of drug-likeness (QED) is 0.484. The van der Waals surface area contributed by atoms with Crippen LogP contribution < -0.4 is 15.4 Å². The van der Waals surface area contributed by atoms with Gasteiger partial charge in [-0.1, -0.05) is 13.8 Å². The Balaban J connectivity index is 1.62. The van der Waals surface area contributed by atoms with E-state index in [0.29, 0.717) is 34.4 Å². The van der Waals surface area contributed by atoms with Gasteiger partial charge < -0.3 is 10.1 Å². The maximum Gasteiger partial charge on any atom is 0.257 e. The number of halogens is 1. The van der Waals surface area contributed by atoms with E-state index in [1.807, 2.05) is 0 Å². The molecule has 1 aliphatic carbocycles. The van der Waals surface area contributed by atoms with Crippen molar-refractivity contribution in [1.82, 2.24) is 5.32 Å². The molecule has 2 aromatic rings. The molecule has 158 valence electrons. The van der Waals surface area contributed by atoms with E-state index in [-0.39, 0.29) is 11.0 Å². The Bertz CT molecular complexity index is 995. The van der Waals surface area contributed by atoms with Crippen molar-refractivity contribution >= 4 is 55.5 Å². The zero-order chi connectivity index (χ0) is 21.7. The molecule has 0 spiro atoms. The molecule has 1 aromatic carbocycles. The highest BCUT2D eigenvalue weighted by Crippen LogP contribution is 2.37. The van der Waals surface area contributed by atoms with Crippen molar-refractivity contribution in [2.45, 2.75) is 46.0 Å². The topological polar surface area (TPSA) is 74.2 Å². The van der Waals surface area contributed by atoms with Gasteiger partial charge in [0.1, 0.15) is 16.8 Å². The van der Waals surface area contributed by atoms with Crippen molar-refractivity contribution in [1.29, 1.82) is 5.26 Å². The molecule has 1 aliphatic rings. The molecule has 0 atom stereocenters. The summed E-state index contributed by atoms with van der Waals surface area (Å²) in [5.74, 6) is 0.954. The summed E-state index contributed by atoms with van der Waals surface area (Å²) < 4.78 is 6.48. The summed E-state index contributed by atoms with van der Waals surface area (Å²) in [7, 11) is 0. The van der Waals surface area contributed by atoms with Gasteiger partial charge in [-0.2, -0.15) is 5.26 Å². The molecule has 0 saturated heterocycles. The van der Waals surface area contributed by atoms with Crippen molar-refractivity contribution < 1.29 is 9.53 Å². The Morgan fingerprint density at radius 2 is 2.13 bits per heavy atom. The summed E-state index contributed by atoms with van der Waals surface area (Å²) >= 11 is 10.3. The van der Waals surface area contributed by atoms with E-state index in [0.717, 1.165) is 42.1 Å². The number of carbonyl (C=O) groups excluding carboxylic acids is 1. The standard InChI is InChI=1S/C22H24BrN3O2S2/c1-13(2)9-10-28-18-8-7-14(11-17(18)23)20(27)25-22(29)26-21-16(12-24)15-5-3-4-6-19(15)30-21/h7-8,11,13H,3-6,9-10H2,1-2H3,(H2,25,26,27,29). The van der Waals surface area contributed by atoms with E-state index < -0.39 is 0 Å². The molecule has 0 bridgehead atoms. The second-order valence-corrected chi connectivity index (χ2v) is 9.98. The lowest BCUT2D eigenvalue weighted by molar-refractivity contribution is 0.0977. The molecule has 0 fully saturated rings. The maximum absolute atomic E-state index is 12.6. The highest BCUT2D eigenvalue weighted by Gasteiger charge is 2.21. The fourth-order valence-electron chi connectivity index (χ4n) is 3.25. The molecule has 2 N–H and O–H groups in total. The first-order valence-corrected chi connectivity index (χ1v) is 12.0. The van der Waals surface area contributed by atoms with Gasteiger partial charge in [-0.25, -0.2) is 0 Å². The molecule has 1 heterocycles. The van der Waals surface area contributed by atoms with E-state index in [4.69, 9.17) is 17.0 Å². The predicted octanol–water partition coefficient (Wildman–Crippen LogP) is 5.81. The first kappa shape index (κ1) is 22.7. The van der Waals surface area contributed by atoms with Crippen LogP contribution in [0.25, 0.3) is 0 Å². The van der Waals surface area contributed by atoms with Crippen LogP contribution in [0.15, 0.2) is 22.7 Å². The van der Waals surface area contributed by atoms with E-state index in [1.54, 1.807) is 29.5 Å². The highest BCUT2D eigenvalue weighted by molar-refractivity contribution is 9.10. The lowest BCUT2D eigenvalue weighted by Crippen LogP contribution is -2.34. The molecular formula is C22H24BrN3O2S2. The van der Waals surface area contributed by atoms with Gasteiger partial charge >= 0.3 is 0 Å². The number of aryl methyl sites for hydroxylation is 1. The van der Waals surface area contributed by atoms with Gasteiger partial charge in [0.15, 0.2) is 5.11 Å². The number of benzene rings is 1. The lowest BCUT2D eigenvalue weighted by Gasteiger charge is -2.12. The molecule has 0 aliphatic heterocycles. The summed E-state index contributed by atoms with van der Waals surface area (Å²) in [6.07, 6.45) is 5.13. The molecule has 8 heteroatoms. The van der Waals surface area contributed by atoms with Gasteiger partial charge in [0.2, 0.25) is 0 Å². The monoisotopic (exact) mass is 505 g/mol. The van der Waals surface area contributed by atoms with E-state index in [1.165, 1.54) is 4.88 Å². The Labute approximate surface area is 194 Å². The average molecular weight is 506 g/mol. The fraction of sp³-hybridized carbons (Fsp3) is 0.409. The van der Waals surface area contributed by atoms with Gasteiger partial charge in [0.05, 0.1) is 16.6 Å². The summed E-state index contributed by atoms with van der Waals surface area (Å²) in [5.41, 5.74) is 2.24. The molecule has 1 aromatic heterocycles. The van der Waals surface area contributed by atoms with Crippen LogP contribution in [0.2, 0.25) is 0 Å². The molecule has 30 heavy (non-hydrogen) atoms. The Kier molecular flexibility index (Phi) is 7.87. The van der Waals surface area contributed by atoms with Gasteiger partial charge in [-0.05, 0) is 89.9 Å². The van der Waals surface area contributed by atoms with Crippen molar-refractivity contribution in [2.24, 2.45) is 5.92 Å². The van der Waals surface area contributed by atoms with Crippen molar-refractivity contribution in [3.63, 3.8) is 0 Å². The van der Waals surface area contributed by atoms with Gasteiger partial charge in [0, 0.05) is 10.4 Å². The SMILES string of the molecule is CC(C)CCOc1ccc(C(=O)NC(=S)Nc2sc3c(c2C#N)CCCC3)cc1Br. The second kappa shape index (κ2) is 10.4. The first-order valence-electron chi connectivity index (χ1n) is 9.98. The fourth-order valence-corrected chi connectivity index (χ4v) is 5.24. The van der Waals surface area contributed by atoms with Crippen molar-refractivity contribution in [3.05, 3.63) is 44.2 Å². The van der Waals surface area contributed by atoms with Crippen LogP contribution in [0.3, 0.4) is 0 Å². The zero-order valence-electron chi connectivity index (χ0n) is 17.0. The summed E-state index contributed by atoms with van der Waals surface area (Å²) in [4.78, 5) is 13.8. The van der Waals surface area contributed by atoms with Crippen LogP contribution in [0.1, 0.15) is 59.5 Å². The normalized spacial score (nSPS) is 12.8. The van der Waals surface area contributed by atoms with Crippen molar-refractivity contribution in [3.8, 4) is 11.8 Å². The van der Waals surface area contributed by atoms with Crippen LogP contribution >= 0.6 is 39.5 Å². The number of nitrogens with one attached hydrogen (secondary N) is 2. The van der Waals surface area contributed by atoms with E-state index in [2.05, 4.69) is 46.5 Å². The maximum atomic E-state index is 12.6. The third-order valence-corrected chi connectivity index (χ3v) is 6.92. The number of thiocarbonyl (C=S) groups is 1. The van der Waals surface area contributed by atoms with Crippen LogP contribution in [0.5, 0.6) is 5.75 Å². The zero-order valence-corrected chi connectivity index (χ0v) is 20.2. The van der Waals surface area contributed by atoms with Crippen LogP contribution in [0, 0.1) is 17.2 Å². The number of fused-ring (bicyclic) bond motifs is 1. The second-order valence-electron chi connectivity index (χ2n) is 7.61. The number of nitrogens with zero attached hydrogens (tertiary/aromatic N) is 1. The van der Waals surface area contributed by atoms with Crippen LogP contribution in [0.4, 0.5) is 5.00 Å². The molecular weight excluding hydrogens is 482 g/mol. The molecule has 0 unspecified atom stereocenters. The molecule has 5 nitrogen and oxygen atoms in total. The number of ether oxygens (including phenoxy) is 1. The molecule has 0 radical (unpaired) electrons. The van der Waals surface area contributed by atoms with Gasteiger partial charge in [0.25, 0.3) is 5.91 Å². The lowest BCUT2D eigenvalue weighted by atomic mass is 9.96. The first-order chi connectivity index (χ1) is 14.4. The number of nitriles is 1. The van der Waals surface area contributed by atoms with Crippen LogP contribution in [-0.2, 0) is 12.8 Å². The number of amides is 1. The summed E-state index contributed by atoms with van der Waals surface area (Å²) in [5, 5.41) is 16.2. The Hall–Kier alpha value is -1.95. The minimum Gasteiger partial charge on any atom is -0.492 e. The highest BCUT2D eigenvalue weighted by atomic mass is 79.9. The minimum atomic E-state index is -0.318. The molecule has 1 amide bonds. The predicted molar refractivity (Wildman–Crippen MR) is 128 cm³/mol. The van der Waals surface area contributed by atoms with E-state index >= 15 is 0 Å². The number of anilines is 1. The number of carbonyl (C=O) groups is 1. The summed E-state index contributed by atoms with van der Waals surface area (Å²) in [6.45, 7) is 4.92. The smallest absolute Gasteiger partial charge is 0.257 e. The summed E-state index contributed by atoms with van der Waals surface area (Å²) in [6, 6.07) is 7.48. The molecule has 3 rings (SSSR count). The average Bonchev–Trinajstić information content (AvgIpc) is 3.05.